The van der Waals surface area contributed by atoms with Crippen molar-refractivity contribution in [2.75, 3.05) is 6.61 Å². The van der Waals surface area contributed by atoms with Crippen molar-refractivity contribution < 1.29 is 36.9 Å². The van der Waals surface area contributed by atoms with Crippen LogP contribution in [0.5, 0.6) is 17.2 Å². The molecule has 4 rings (SSSR count). The fourth-order valence-electron chi connectivity index (χ4n) is 3.75. The Balaban J connectivity index is 1.24. The average molecular weight is 457 g/mol. The first-order chi connectivity index (χ1) is 14.7. The SMILES string of the molecule is CC1OC(=O)[C@@]12Cc1cc(CCCCOc3ccc(OC(F)(F)F)cc3Cl)ccc1O2. The Labute approximate surface area is 182 Å². The Hall–Kier alpha value is -2.61. The van der Waals surface area contributed by atoms with Crippen LogP contribution in [0.25, 0.3) is 0 Å². The van der Waals surface area contributed by atoms with E-state index in [-0.39, 0.29) is 17.1 Å². The maximum Gasteiger partial charge on any atom is 0.573 e. The Morgan fingerprint density at radius 1 is 1.19 bits per heavy atom. The first-order valence-corrected chi connectivity index (χ1v) is 10.2. The number of rotatable bonds is 7. The number of benzene rings is 2. The maximum atomic E-state index is 12.2. The molecule has 2 aromatic carbocycles. The fraction of sp³-hybridized carbons (Fsp3) is 0.409. The van der Waals surface area contributed by atoms with Gasteiger partial charge >= 0.3 is 12.3 Å². The van der Waals surface area contributed by atoms with Crippen molar-refractivity contribution in [1.29, 1.82) is 0 Å². The molecule has 0 aliphatic carbocycles. The summed E-state index contributed by atoms with van der Waals surface area (Å²) in [5.74, 6) is 0.323. The zero-order chi connectivity index (χ0) is 22.2. The molecule has 166 valence electrons. The molecule has 31 heavy (non-hydrogen) atoms. The summed E-state index contributed by atoms with van der Waals surface area (Å²) in [7, 11) is 0. The van der Waals surface area contributed by atoms with Gasteiger partial charge in [-0.3, -0.25) is 0 Å². The van der Waals surface area contributed by atoms with Gasteiger partial charge < -0.3 is 18.9 Å². The number of carbonyl (C=O) groups is 1. The number of alkyl halides is 3. The number of carbonyl (C=O) groups excluding carboxylic acids is 1. The summed E-state index contributed by atoms with van der Waals surface area (Å²) in [5, 5.41) is 0.0538. The van der Waals surface area contributed by atoms with Crippen LogP contribution in [0.3, 0.4) is 0 Å². The van der Waals surface area contributed by atoms with Crippen LogP contribution in [0.4, 0.5) is 13.2 Å². The number of fused-ring (bicyclic) bond motifs is 1. The Kier molecular flexibility index (Phi) is 5.68. The molecule has 0 aromatic heterocycles. The molecular weight excluding hydrogens is 437 g/mol. The lowest BCUT2D eigenvalue weighted by Gasteiger charge is -2.41. The lowest BCUT2D eigenvalue weighted by atomic mass is 9.87. The van der Waals surface area contributed by atoms with E-state index in [0.717, 1.165) is 48.3 Å². The minimum absolute atomic E-state index is 0.0538. The summed E-state index contributed by atoms with van der Waals surface area (Å²) in [4.78, 5) is 11.9. The third-order valence-electron chi connectivity index (χ3n) is 5.41. The summed E-state index contributed by atoms with van der Waals surface area (Å²) < 4.78 is 57.0. The van der Waals surface area contributed by atoms with Crippen molar-refractivity contribution in [3.05, 3.63) is 52.5 Å². The predicted molar refractivity (Wildman–Crippen MR) is 106 cm³/mol. The zero-order valence-electron chi connectivity index (χ0n) is 16.6. The summed E-state index contributed by atoms with van der Waals surface area (Å²) in [6.45, 7) is 2.21. The predicted octanol–water partition coefficient (Wildman–Crippen LogP) is 5.26. The third-order valence-corrected chi connectivity index (χ3v) is 5.71. The van der Waals surface area contributed by atoms with Crippen molar-refractivity contribution in [1.82, 2.24) is 0 Å². The topological polar surface area (TPSA) is 54.0 Å². The van der Waals surface area contributed by atoms with E-state index in [1.54, 1.807) is 0 Å². The smallest absolute Gasteiger partial charge is 0.492 e. The largest absolute Gasteiger partial charge is 0.573 e. The molecule has 0 radical (unpaired) electrons. The van der Waals surface area contributed by atoms with Crippen molar-refractivity contribution in [2.24, 2.45) is 0 Å². The number of unbranched alkanes of at least 4 members (excludes halogenated alkanes) is 1. The van der Waals surface area contributed by atoms with Gasteiger partial charge in [-0.15, -0.1) is 13.2 Å². The van der Waals surface area contributed by atoms with Gasteiger partial charge in [0.15, 0.2) is 0 Å². The molecule has 1 saturated heterocycles. The van der Waals surface area contributed by atoms with E-state index in [2.05, 4.69) is 10.8 Å². The first-order valence-electron chi connectivity index (χ1n) is 9.86. The Morgan fingerprint density at radius 3 is 2.68 bits per heavy atom. The van der Waals surface area contributed by atoms with E-state index in [0.29, 0.717) is 18.8 Å². The lowest BCUT2D eigenvalue weighted by Crippen LogP contribution is -2.64. The average Bonchev–Trinajstić information content (AvgIpc) is 3.10. The minimum atomic E-state index is -4.77. The number of esters is 1. The fourth-order valence-corrected chi connectivity index (χ4v) is 3.98. The van der Waals surface area contributed by atoms with Gasteiger partial charge in [0.1, 0.15) is 23.4 Å². The van der Waals surface area contributed by atoms with Crippen LogP contribution in [0.1, 0.15) is 30.9 Å². The molecule has 0 amide bonds. The molecule has 1 spiro atoms. The second kappa shape index (κ2) is 8.15. The van der Waals surface area contributed by atoms with Gasteiger partial charge in [0.05, 0.1) is 11.6 Å². The lowest BCUT2D eigenvalue weighted by molar-refractivity contribution is -0.274. The van der Waals surface area contributed by atoms with Crippen LogP contribution in [0.15, 0.2) is 36.4 Å². The molecular formula is C22H20ClF3O5. The Bertz CT molecular complexity index is 994. The summed E-state index contributed by atoms with van der Waals surface area (Å²) >= 11 is 5.96. The van der Waals surface area contributed by atoms with Crippen LogP contribution in [-0.4, -0.2) is 30.6 Å². The van der Waals surface area contributed by atoms with Gasteiger partial charge in [-0.25, -0.2) is 4.79 Å². The highest BCUT2D eigenvalue weighted by Crippen LogP contribution is 2.44. The minimum Gasteiger partial charge on any atom is -0.492 e. The van der Waals surface area contributed by atoms with E-state index in [4.69, 9.17) is 25.8 Å². The highest BCUT2D eigenvalue weighted by molar-refractivity contribution is 6.32. The van der Waals surface area contributed by atoms with Crippen LogP contribution >= 0.6 is 11.6 Å². The molecule has 0 saturated carbocycles. The number of hydrogen-bond donors (Lipinski definition) is 0. The van der Waals surface area contributed by atoms with Crippen molar-refractivity contribution in [3.63, 3.8) is 0 Å². The van der Waals surface area contributed by atoms with E-state index in [1.165, 1.54) is 6.07 Å². The molecule has 0 bridgehead atoms. The second-order valence-corrected chi connectivity index (χ2v) is 8.01. The van der Waals surface area contributed by atoms with Crippen LogP contribution in [0, 0.1) is 0 Å². The molecule has 5 nitrogen and oxygen atoms in total. The quantitative estimate of drug-likeness (QED) is 0.420. The monoisotopic (exact) mass is 456 g/mol. The molecule has 1 unspecified atom stereocenters. The number of cyclic esters (lactones) is 1. The normalized spacial score (nSPS) is 21.8. The number of ether oxygens (including phenoxy) is 4. The van der Waals surface area contributed by atoms with Crippen molar-refractivity contribution in [3.8, 4) is 17.2 Å². The molecule has 0 N–H and O–H groups in total. The number of aryl methyl sites for hydroxylation is 1. The van der Waals surface area contributed by atoms with E-state index in [9.17, 15) is 18.0 Å². The highest BCUT2D eigenvalue weighted by atomic mass is 35.5. The Morgan fingerprint density at radius 2 is 2.00 bits per heavy atom. The molecule has 2 aromatic rings. The van der Waals surface area contributed by atoms with Gasteiger partial charge in [-0.2, -0.15) is 0 Å². The van der Waals surface area contributed by atoms with E-state index in [1.807, 2.05) is 19.1 Å². The zero-order valence-corrected chi connectivity index (χ0v) is 17.4. The van der Waals surface area contributed by atoms with Gasteiger partial charge in [0, 0.05) is 12.5 Å². The first kappa shape index (κ1) is 21.6. The van der Waals surface area contributed by atoms with Crippen LogP contribution in [0.2, 0.25) is 5.02 Å². The van der Waals surface area contributed by atoms with Crippen molar-refractivity contribution >= 4 is 17.6 Å². The standard InChI is InChI=1S/C22H20ClF3O5/c1-13-21(20(27)29-13)12-15-10-14(5-7-18(15)31-21)4-2-3-9-28-19-8-6-16(11-17(19)23)30-22(24,25)26/h5-8,10-11,13H,2-4,9,12H2,1H3/t13?,21-/m1/s1. The third kappa shape index (κ3) is 4.54. The summed E-state index contributed by atoms with van der Waals surface area (Å²) in [5.41, 5.74) is 1.27. The van der Waals surface area contributed by atoms with Crippen LogP contribution in [-0.2, 0) is 22.4 Å². The number of hydrogen-bond acceptors (Lipinski definition) is 5. The summed E-state index contributed by atoms with van der Waals surface area (Å²) in [6, 6.07) is 9.50. The van der Waals surface area contributed by atoms with Gasteiger partial charge in [-0.05, 0) is 55.5 Å². The molecule has 2 atom stereocenters. The molecule has 2 heterocycles. The van der Waals surface area contributed by atoms with Gasteiger partial charge in [0.25, 0.3) is 0 Å². The molecule has 1 fully saturated rings. The maximum absolute atomic E-state index is 12.2. The van der Waals surface area contributed by atoms with Crippen LogP contribution < -0.4 is 14.2 Å². The van der Waals surface area contributed by atoms with Gasteiger partial charge in [0.2, 0.25) is 5.60 Å². The van der Waals surface area contributed by atoms with E-state index < -0.39 is 17.7 Å². The molecule has 2 aliphatic heterocycles. The van der Waals surface area contributed by atoms with Crippen molar-refractivity contribution in [2.45, 2.75) is 50.7 Å². The summed E-state index contributed by atoms with van der Waals surface area (Å²) in [6.07, 6.45) is -2.11. The highest BCUT2D eigenvalue weighted by Gasteiger charge is 2.61. The molecule has 2 aliphatic rings. The van der Waals surface area contributed by atoms with Gasteiger partial charge in [-0.1, -0.05) is 23.7 Å². The molecule has 9 heteroatoms. The number of halogens is 4. The van der Waals surface area contributed by atoms with E-state index >= 15 is 0 Å². The second-order valence-electron chi connectivity index (χ2n) is 7.60.